The molecule has 5 nitrogen and oxygen atoms in total. The van der Waals surface area contributed by atoms with Crippen molar-refractivity contribution in [1.82, 2.24) is 20.4 Å². The predicted octanol–water partition coefficient (Wildman–Crippen LogP) is 2.00. The molecule has 1 rings (SSSR count). The number of rotatable bonds is 8. The Morgan fingerprint density at radius 1 is 1.32 bits per heavy atom. The quantitative estimate of drug-likeness (QED) is 0.792. The van der Waals surface area contributed by atoms with Gasteiger partial charge in [-0.15, -0.1) is 10.2 Å². The Morgan fingerprint density at radius 2 is 2.00 bits per heavy atom. The van der Waals surface area contributed by atoms with Crippen LogP contribution in [0.25, 0.3) is 0 Å². The van der Waals surface area contributed by atoms with Crippen molar-refractivity contribution in [2.45, 2.75) is 39.8 Å². The van der Waals surface area contributed by atoms with Crippen molar-refractivity contribution in [2.24, 2.45) is 5.92 Å². The zero-order chi connectivity index (χ0) is 14.5. The van der Waals surface area contributed by atoms with E-state index in [-0.39, 0.29) is 5.54 Å². The molecule has 110 valence electrons. The van der Waals surface area contributed by atoms with Crippen molar-refractivity contribution < 1.29 is 4.74 Å². The average molecular weight is 286 g/mol. The maximum atomic E-state index is 5.72. The maximum Gasteiger partial charge on any atom is 0.294 e. The zero-order valence-corrected chi connectivity index (χ0v) is 13.7. The third-order valence-corrected chi connectivity index (χ3v) is 3.87. The van der Waals surface area contributed by atoms with Crippen molar-refractivity contribution >= 4 is 11.3 Å². The Hall–Kier alpha value is -0.720. The highest BCUT2D eigenvalue weighted by atomic mass is 32.1. The molecule has 1 aromatic heterocycles. The lowest BCUT2D eigenvalue weighted by atomic mass is 10.1. The highest BCUT2D eigenvalue weighted by Crippen LogP contribution is 2.20. The van der Waals surface area contributed by atoms with Crippen molar-refractivity contribution in [1.29, 1.82) is 0 Å². The largest absolute Gasteiger partial charge is 0.467 e. The van der Waals surface area contributed by atoms with E-state index in [1.54, 1.807) is 0 Å². The minimum absolute atomic E-state index is 0.0122. The van der Waals surface area contributed by atoms with E-state index < -0.39 is 0 Å². The van der Waals surface area contributed by atoms with Crippen LogP contribution >= 0.6 is 11.3 Å². The van der Waals surface area contributed by atoms with Gasteiger partial charge in [0.1, 0.15) is 11.6 Å². The first-order chi connectivity index (χ1) is 8.81. The van der Waals surface area contributed by atoms with Crippen LogP contribution in [0.1, 0.15) is 32.7 Å². The van der Waals surface area contributed by atoms with Crippen LogP contribution in [0.2, 0.25) is 0 Å². The van der Waals surface area contributed by atoms with Gasteiger partial charge in [-0.25, -0.2) is 0 Å². The van der Waals surface area contributed by atoms with Crippen LogP contribution in [0.15, 0.2) is 0 Å². The summed E-state index contributed by atoms with van der Waals surface area (Å²) in [4.78, 5) is 2.14. The van der Waals surface area contributed by atoms with E-state index in [4.69, 9.17) is 4.74 Å². The van der Waals surface area contributed by atoms with Gasteiger partial charge in [0.15, 0.2) is 0 Å². The van der Waals surface area contributed by atoms with E-state index in [1.807, 2.05) is 14.1 Å². The van der Waals surface area contributed by atoms with Gasteiger partial charge in [0.05, 0.1) is 0 Å². The van der Waals surface area contributed by atoms with E-state index in [1.165, 1.54) is 11.3 Å². The molecule has 0 unspecified atom stereocenters. The number of nitrogens with one attached hydrogen (secondary N) is 1. The second-order valence-corrected chi connectivity index (χ2v) is 7.01. The highest BCUT2D eigenvalue weighted by molar-refractivity contribution is 7.13. The normalized spacial score (nSPS) is 12.4. The third kappa shape index (κ3) is 5.84. The predicted molar refractivity (Wildman–Crippen MR) is 79.7 cm³/mol. The first-order valence-corrected chi connectivity index (χ1v) is 7.46. The monoisotopic (exact) mass is 286 g/mol. The molecule has 1 N–H and O–H groups in total. The fourth-order valence-corrected chi connectivity index (χ4v) is 1.86. The van der Waals surface area contributed by atoms with Gasteiger partial charge in [-0.1, -0.05) is 25.2 Å². The van der Waals surface area contributed by atoms with Gasteiger partial charge < -0.3 is 15.0 Å². The fraction of sp³-hybridized carbons (Fsp3) is 0.846. The molecule has 0 amide bonds. The molecule has 0 aromatic carbocycles. The molecule has 0 aliphatic rings. The molecule has 0 atom stereocenters. The van der Waals surface area contributed by atoms with Crippen LogP contribution in [0, 0.1) is 5.92 Å². The Bertz CT molecular complexity index is 376. The second-order valence-electron chi connectivity index (χ2n) is 5.98. The topological polar surface area (TPSA) is 50.3 Å². The Labute approximate surface area is 120 Å². The molecule has 1 aromatic rings. The smallest absolute Gasteiger partial charge is 0.294 e. The summed E-state index contributed by atoms with van der Waals surface area (Å²) in [6.45, 7) is 11.0. The van der Waals surface area contributed by atoms with Crippen LogP contribution in [0.4, 0.5) is 0 Å². The number of aromatic nitrogens is 2. The number of nitrogens with zero attached hydrogens (tertiary/aromatic N) is 3. The first-order valence-electron chi connectivity index (χ1n) is 6.64. The van der Waals surface area contributed by atoms with E-state index in [9.17, 15) is 0 Å². The molecule has 0 saturated carbocycles. The van der Waals surface area contributed by atoms with Gasteiger partial charge in [-0.05, 0) is 40.4 Å². The van der Waals surface area contributed by atoms with Gasteiger partial charge in [-0.3, -0.25) is 0 Å². The van der Waals surface area contributed by atoms with Crippen LogP contribution in [0.5, 0.6) is 5.19 Å². The Kier molecular flexibility index (Phi) is 6.16. The van der Waals surface area contributed by atoms with E-state index in [0.29, 0.717) is 17.7 Å². The Morgan fingerprint density at radius 3 is 2.58 bits per heavy atom. The molecule has 0 aliphatic carbocycles. The van der Waals surface area contributed by atoms with Gasteiger partial charge >= 0.3 is 0 Å². The van der Waals surface area contributed by atoms with Gasteiger partial charge in [0.25, 0.3) is 5.19 Å². The third-order valence-electron chi connectivity index (χ3n) is 3.04. The molecule has 0 aliphatic heterocycles. The van der Waals surface area contributed by atoms with E-state index in [2.05, 4.69) is 48.1 Å². The molecule has 0 fully saturated rings. The number of hydrogen-bond donors (Lipinski definition) is 1. The second kappa shape index (κ2) is 7.17. The van der Waals surface area contributed by atoms with E-state index >= 15 is 0 Å². The van der Waals surface area contributed by atoms with Gasteiger partial charge in [0.2, 0.25) is 0 Å². The minimum Gasteiger partial charge on any atom is -0.467 e. The summed E-state index contributed by atoms with van der Waals surface area (Å²) in [6, 6.07) is 0. The first kappa shape index (κ1) is 16.3. The van der Waals surface area contributed by atoms with Crippen LogP contribution in [0.3, 0.4) is 0 Å². The van der Waals surface area contributed by atoms with Crippen molar-refractivity contribution in [2.75, 3.05) is 27.2 Å². The molecule has 0 bridgehead atoms. The lowest BCUT2D eigenvalue weighted by molar-refractivity contribution is 0.113. The summed E-state index contributed by atoms with van der Waals surface area (Å²) < 4.78 is 5.72. The molecule has 19 heavy (non-hydrogen) atoms. The summed E-state index contributed by atoms with van der Waals surface area (Å²) in [5, 5.41) is 13.2. The van der Waals surface area contributed by atoms with Crippen molar-refractivity contribution in [3.05, 3.63) is 5.01 Å². The number of likely N-dealkylation sites (N-methyl/N-ethyl adjacent to an activating group) is 1. The molecule has 0 radical (unpaired) electrons. The fourth-order valence-electron chi connectivity index (χ4n) is 1.20. The van der Waals surface area contributed by atoms with Crippen molar-refractivity contribution in [3.63, 3.8) is 0 Å². The molecule has 6 heteroatoms. The lowest BCUT2D eigenvalue weighted by Crippen LogP contribution is -2.43. The zero-order valence-electron chi connectivity index (χ0n) is 12.9. The minimum atomic E-state index is -0.0122. The standard InChI is InChI=1S/C13H26N4OS/c1-10(2)7-14-8-11-15-16-12(19-11)18-9-13(3,4)17(5)6/h10,14H,7-9H2,1-6H3. The number of hydrogen-bond acceptors (Lipinski definition) is 6. The molecular weight excluding hydrogens is 260 g/mol. The van der Waals surface area contributed by atoms with Crippen LogP contribution < -0.4 is 10.1 Å². The summed E-state index contributed by atoms with van der Waals surface area (Å²) in [7, 11) is 4.09. The lowest BCUT2D eigenvalue weighted by Gasteiger charge is -2.31. The van der Waals surface area contributed by atoms with Crippen molar-refractivity contribution in [3.8, 4) is 5.19 Å². The molecular formula is C13H26N4OS. The molecule has 1 heterocycles. The summed E-state index contributed by atoms with van der Waals surface area (Å²) in [5.41, 5.74) is -0.0122. The average Bonchev–Trinajstić information content (AvgIpc) is 2.74. The highest BCUT2D eigenvalue weighted by Gasteiger charge is 2.22. The van der Waals surface area contributed by atoms with Crippen LogP contribution in [-0.2, 0) is 6.54 Å². The van der Waals surface area contributed by atoms with Gasteiger partial charge in [0, 0.05) is 12.1 Å². The SMILES string of the molecule is CC(C)CNCc1nnc(OCC(C)(C)N(C)C)s1. The maximum absolute atomic E-state index is 5.72. The summed E-state index contributed by atoms with van der Waals surface area (Å²) >= 11 is 1.51. The number of ether oxygens (including phenoxy) is 1. The Balaban J connectivity index is 2.38. The molecule has 0 spiro atoms. The van der Waals surface area contributed by atoms with Crippen LogP contribution in [-0.4, -0.2) is 47.9 Å². The molecule has 0 saturated heterocycles. The summed E-state index contributed by atoms with van der Waals surface area (Å²) in [5.74, 6) is 0.643. The summed E-state index contributed by atoms with van der Waals surface area (Å²) in [6.07, 6.45) is 0. The van der Waals surface area contributed by atoms with E-state index in [0.717, 1.165) is 18.1 Å². The van der Waals surface area contributed by atoms with Gasteiger partial charge in [-0.2, -0.15) is 0 Å².